The molecule has 176 valence electrons. The Bertz CT molecular complexity index is 949. The molecule has 3 aliphatic heterocycles. The number of hydrogen-bond donors (Lipinski definition) is 0. The molecule has 3 saturated heterocycles. The standard InChI is InChI=1S/C26H30O7/c1-28-19-15-18(31-21-11-5-7-13-29-21)16-20(32-22-12-6-8-14-30-22)23(19)24(27)26-25(33-26)17-9-3-2-4-10-17/h2-4,9-10,15-16,21-22,25-26H,5-8,11-14H2,1H3/t21?,22?,25-,26-/m1/s1. The van der Waals surface area contributed by atoms with Gasteiger partial charge in [-0.3, -0.25) is 4.79 Å². The molecule has 0 aliphatic carbocycles. The molecule has 33 heavy (non-hydrogen) atoms. The molecular weight excluding hydrogens is 424 g/mol. The van der Waals surface area contributed by atoms with E-state index in [9.17, 15) is 4.79 Å². The maximum Gasteiger partial charge on any atom is 0.202 e. The van der Waals surface area contributed by atoms with Crippen LogP contribution in [-0.4, -0.2) is 44.8 Å². The van der Waals surface area contributed by atoms with Crippen LogP contribution in [0.15, 0.2) is 42.5 Å². The monoisotopic (exact) mass is 454 g/mol. The fraction of sp³-hybridized carbons (Fsp3) is 0.500. The summed E-state index contributed by atoms with van der Waals surface area (Å²) in [6.07, 6.45) is 4.10. The first-order valence-electron chi connectivity index (χ1n) is 11.8. The van der Waals surface area contributed by atoms with Crippen molar-refractivity contribution in [3.05, 3.63) is 53.6 Å². The van der Waals surface area contributed by atoms with E-state index in [4.69, 9.17) is 28.4 Å². The molecule has 0 N–H and O–H groups in total. The molecule has 3 heterocycles. The molecule has 0 amide bonds. The second kappa shape index (κ2) is 10.1. The Morgan fingerprint density at radius 2 is 1.55 bits per heavy atom. The predicted octanol–water partition coefficient (Wildman–Crippen LogP) is 4.83. The van der Waals surface area contributed by atoms with Gasteiger partial charge < -0.3 is 28.4 Å². The fourth-order valence-electron chi connectivity index (χ4n) is 4.38. The van der Waals surface area contributed by atoms with Gasteiger partial charge in [-0.1, -0.05) is 30.3 Å². The van der Waals surface area contributed by atoms with Gasteiger partial charge in [-0.05, 0) is 31.2 Å². The molecule has 2 aromatic carbocycles. The Kier molecular flexibility index (Phi) is 6.80. The van der Waals surface area contributed by atoms with Crippen molar-refractivity contribution in [2.24, 2.45) is 0 Å². The molecule has 0 saturated carbocycles. The van der Waals surface area contributed by atoms with Crippen molar-refractivity contribution >= 4 is 5.78 Å². The van der Waals surface area contributed by atoms with Crippen LogP contribution in [0.4, 0.5) is 0 Å². The maximum absolute atomic E-state index is 13.5. The second-order valence-corrected chi connectivity index (χ2v) is 8.58. The summed E-state index contributed by atoms with van der Waals surface area (Å²) in [5.41, 5.74) is 1.33. The molecule has 4 atom stereocenters. The van der Waals surface area contributed by atoms with E-state index in [0.717, 1.165) is 44.1 Å². The number of epoxide rings is 1. The SMILES string of the molecule is COc1cc(OC2CCCCO2)cc(OC2CCCCO2)c1C(=O)[C@H]1O[C@@H]1c1ccccc1. The first-order valence-corrected chi connectivity index (χ1v) is 11.8. The Balaban J connectivity index is 1.43. The lowest BCUT2D eigenvalue weighted by molar-refractivity contribution is -0.109. The van der Waals surface area contributed by atoms with E-state index in [1.165, 1.54) is 7.11 Å². The van der Waals surface area contributed by atoms with Gasteiger partial charge in [-0.15, -0.1) is 0 Å². The average molecular weight is 455 g/mol. The van der Waals surface area contributed by atoms with Gasteiger partial charge in [0.05, 0.1) is 20.3 Å². The lowest BCUT2D eigenvalue weighted by atomic mass is 10.0. The van der Waals surface area contributed by atoms with Gasteiger partial charge in [0.2, 0.25) is 5.78 Å². The van der Waals surface area contributed by atoms with Crippen LogP contribution in [0, 0.1) is 0 Å². The highest BCUT2D eigenvalue weighted by molar-refractivity contribution is 6.06. The Morgan fingerprint density at radius 3 is 2.18 bits per heavy atom. The van der Waals surface area contributed by atoms with E-state index in [1.54, 1.807) is 12.1 Å². The highest BCUT2D eigenvalue weighted by Gasteiger charge is 2.48. The van der Waals surface area contributed by atoms with Crippen molar-refractivity contribution in [2.45, 2.75) is 63.3 Å². The molecule has 7 heteroatoms. The summed E-state index contributed by atoms with van der Waals surface area (Å²) in [6, 6.07) is 13.2. The van der Waals surface area contributed by atoms with E-state index in [2.05, 4.69) is 0 Å². The third-order valence-corrected chi connectivity index (χ3v) is 6.19. The minimum atomic E-state index is -0.579. The van der Waals surface area contributed by atoms with Crippen molar-refractivity contribution < 1.29 is 33.2 Å². The number of carbonyl (C=O) groups is 1. The fourth-order valence-corrected chi connectivity index (χ4v) is 4.38. The van der Waals surface area contributed by atoms with E-state index in [1.807, 2.05) is 30.3 Å². The Labute approximate surface area is 193 Å². The summed E-state index contributed by atoms with van der Waals surface area (Å²) in [4.78, 5) is 13.5. The topological polar surface area (TPSA) is 75.8 Å². The third-order valence-electron chi connectivity index (χ3n) is 6.19. The molecule has 2 unspecified atom stereocenters. The number of methoxy groups -OCH3 is 1. The molecule has 0 aromatic heterocycles. The molecule has 0 spiro atoms. The van der Waals surface area contributed by atoms with Crippen molar-refractivity contribution in [2.75, 3.05) is 20.3 Å². The van der Waals surface area contributed by atoms with Gasteiger partial charge in [-0.25, -0.2) is 0 Å². The number of Topliss-reactive ketones (excluding diaryl/α,β-unsaturated/α-hetero) is 1. The lowest BCUT2D eigenvalue weighted by Gasteiger charge is -2.27. The number of benzene rings is 2. The van der Waals surface area contributed by atoms with E-state index in [-0.39, 0.29) is 18.2 Å². The molecule has 0 bridgehead atoms. The molecule has 0 radical (unpaired) electrons. The zero-order valence-corrected chi connectivity index (χ0v) is 18.9. The van der Waals surface area contributed by atoms with Gasteiger partial charge in [0.1, 0.15) is 28.9 Å². The molecule has 7 nitrogen and oxygen atoms in total. The first-order chi connectivity index (χ1) is 16.2. The average Bonchev–Trinajstić information content (AvgIpc) is 3.66. The van der Waals surface area contributed by atoms with Gasteiger partial charge in [0, 0.05) is 25.0 Å². The summed E-state index contributed by atoms with van der Waals surface area (Å²) in [7, 11) is 1.54. The first kappa shape index (κ1) is 22.2. The Hall–Kier alpha value is -2.61. The number of rotatable bonds is 8. The van der Waals surface area contributed by atoms with Gasteiger partial charge in [-0.2, -0.15) is 0 Å². The van der Waals surface area contributed by atoms with Crippen LogP contribution < -0.4 is 14.2 Å². The number of ether oxygens (including phenoxy) is 6. The van der Waals surface area contributed by atoms with Crippen molar-refractivity contribution in [1.82, 2.24) is 0 Å². The van der Waals surface area contributed by atoms with Crippen molar-refractivity contribution in [3.63, 3.8) is 0 Å². The highest BCUT2D eigenvalue weighted by Crippen LogP contribution is 2.45. The lowest BCUT2D eigenvalue weighted by Crippen LogP contribution is -2.27. The van der Waals surface area contributed by atoms with Gasteiger partial charge in [0.15, 0.2) is 18.7 Å². The largest absolute Gasteiger partial charge is 0.496 e. The molecule has 3 fully saturated rings. The van der Waals surface area contributed by atoms with Crippen LogP contribution in [0.1, 0.15) is 60.6 Å². The van der Waals surface area contributed by atoms with Crippen LogP contribution in [0.2, 0.25) is 0 Å². The Morgan fingerprint density at radius 1 is 0.879 bits per heavy atom. The molecule has 2 aromatic rings. The van der Waals surface area contributed by atoms with E-state index in [0.29, 0.717) is 36.0 Å². The quantitative estimate of drug-likeness (QED) is 0.418. The van der Waals surface area contributed by atoms with Crippen molar-refractivity contribution in [3.8, 4) is 17.2 Å². The van der Waals surface area contributed by atoms with E-state index < -0.39 is 12.4 Å². The van der Waals surface area contributed by atoms with Crippen LogP contribution in [0.3, 0.4) is 0 Å². The zero-order chi connectivity index (χ0) is 22.6. The second-order valence-electron chi connectivity index (χ2n) is 8.58. The van der Waals surface area contributed by atoms with Gasteiger partial charge in [0.25, 0.3) is 0 Å². The molecule has 5 rings (SSSR count). The maximum atomic E-state index is 13.5. The highest BCUT2D eigenvalue weighted by atomic mass is 16.7. The number of ketones is 1. The summed E-state index contributed by atoms with van der Waals surface area (Å²) < 4.78 is 35.2. The minimum absolute atomic E-state index is 0.174. The number of hydrogen-bond acceptors (Lipinski definition) is 7. The summed E-state index contributed by atoms with van der Waals surface area (Å²) >= 11 is 0. The van der Waals surface area contributed by atoms with Crippen LogP contribution >= 0.6 is 0 Å². The molecular formula is C26H30O7. The summed E-state index contributed by atoms with van der Waals surface area (Å²) in [6.45, 7) is 1.32. The smallest absolute Gasteiger partial charge is 0.202 e. The van der Waals surface area contributed by atoms with Crippen LogP contribution in [0.25, 0.3) is 0 Å². The van der Waals surface area contributed by atoms with Gasteiger partial charge >= 0.3 is 0 Å². The minimum Gasteiger partial charge on any atom is -0.496 e. The van der Waals surface area contributed by atoms with Crippen LogP contribution in [-0.2, 0) is 14.2 Å². The van der Waals surface area contributed by atoms with E-state index >= 15 is 0 Å². The zero-order valence-electron chi connectivity index (χ0n) is 18.9. The van der Waals surface area contributed by atoms with Crippen LogP contribution in [0.5, 0.6) is 17.2 Å². The number of carbonyl (C=O) groups excluding carboxylic acids is 1. The normalized spacial score (nSPS) is 26.9. The third kappa shape index (κ3) is 5.16. The predicted molar refractivity (Wildman–Crippen MR) is 120 cm³/mol. The molecule has 3 aliphatic rings. The summed E-state index contributed by atoms with van der Waals surface area (Å²) in [5.74, 6) is 1.14. The summed E-state index contributed by atoms with van der Waals surface area (Å²) in [5, 5.41) is 0. The van der Waals surface area contributed by atoms with Crippen molar-refractivity contribution in [1.29, 1.82) is 0 Å².